The maximum absolute atomic E-state index is 12.7. The van der Waals surface area contributed by atoms with Gasteiger partial charge in [0, 0.05) is 58.2 Å². The van der Waals surface area contributed by atoms with E-state index in [9.17, 15) is 9.59 Å². The number of piperidine rings is 1. The van der Waals surface area contributed by atoms with Gasteiger partial charge in [-0.1, -0.05) is 11.3 Å². The van der Waals surface area contributed by atoms with Crippen LogP contribution in [0.25, 0.3) is 0 Å². The first kappa shape index (κ1) is 20.2. The summed E-state index contributed by atoms with van der Waals surface area (Å²) in [6.45, 7) is 6.35. The summed E-state index contributed by atoms with van der Waals surface area (Å²) in [6.07, 6.45) is 4.82. The van der Waals surface area contributed by atoms with Gasteiger partial charge in [-0.3, -0.25) is 9.59 Å². The predicted octanol–water partition coefficient (Wildman–Crippen LogP) is 1.28. The van der Waals surface area contributed by atoms with E-state index < -0.39 is 0 Å². The van der Waals surface area contributed by atoms with Crippen molar-refractivity contribution in [2.24, 2.45) is 0 Å². The molecular weight excluding hydrogens is 364 g/mol. The summed E-state index contributed by atoms with van der Waals surface area (Å²) in [5.74, 6) is -0.0726. The highest BCUT2D eigenvalue weighted by Gasteiger charge is 2.27. The van der Waals surface area contributed by atoms with Crippen LogP contribution in [0.2, 0.25) is 0 Å². The molecule has 0 spiro atoms. The number of likely N-dealkylation sites (N-methyl/N-ethyl adjacent to an activating group) is 1. The van der Waals surface area contributed by atoms with E-state index >= 15 is 0 Å². The van der Waals surface area contributed by atoms with Crippen molar-refractivity contribution in [3.8, 4) is 0 Å². The molecule has 2 aliphatic heterocycles. The summed E-state index contributed by atoms with van der Waals surface area (Å²) in [6, 6.07) is 0.317. The number of piperazine rings is 1. The Balaban J connectivity index is 1.42. The fourth-order valence-corrected chi connectivity index (χ4v) is 4.27. The van der Waals surface area contributed by atoms with Gasteiger partial charge in [-0.2, -0.15) is 0 Å². The normalized spacial score (nSPS) is 22.0. The number of hydrogen-bond acceptors (Lipinski definition) is 7. The minimum atomic E-state index is -0.175. The standard InChI is InChI=1S/C18H30N6O2S/c1-22-10-12-23(13-11-22)9-7-15-4-2-3-8-24(15)17(26)6-5-16(25)20-18-21-19-14-27-18/h14-15H,2-13H2,1H3,(H,20,21,25). The molecule has 0 bridgehead atoms. The summed E-state index contributed by atoms with van der Waals surface area (Å²) >= 11 is 1.28. The van der Waals surface area contributed by atoms with Crippen LogP contribution in [-0.2, 0) is 9.59 Å². The quantitative estimate of drug-likeness (QED) is 0.750. The predicted molar refractivity (Wildman–Crippen MR) is 106 cm³/mol. The molecule has 150 valence electrons. The third-order valence-corrected chi connectivity index (χ3v) is 6.10. The lowest BCUT2D eigenvalue weighted by Crippen LogP contribution is -2.48. The Kier molecular flexibility index (Phi) is 7.54. The third kappa shape index (κ3) is 6.22. The van der Waals surface area contributed by atoms with Crippen molar-refractivity contribution in [3.05, 3.63) is 5.51 Å². The van der Waals surface area contributed by atoms with Crippen molar-refractivity contribution in [1.29, 1.82) is 0 Å². The molecule has 9 heteroatoms. The van der Waals surface area contributed by atoms with Crippen molar-refractivity contribution in [2.75, 3.05) is 51.6 Å². The monoisotopic (exact) mass is 394 g/mol. The van der Waals surface area contributed by atoms with Crippen LogP contribution in [0.15, 0.2) is 5.51 Å². The van der Waals surface area contributed by atoms with Gasteiger partial charge >= 0.3 is 0 Å². The average molecular weight is 395 g/mol. The van der Waals surface area contributed by atoms with E-state index in [0.29, 0.717) is 11.2 Å². The van der Waals surface area contributed by atoms with Gasteiger partial charge in [0.25, 0.3) is 0 Å². The lowest BCUT2D eigenvalue weighted by molar-refractivity contribution is -0.136. The number of likely N-dealkylation sites (tertiary alicyclic amines) is 1. The molecule has 1 aromatic heterocycles. The average Bonchev–Trinajstić information content (AvgIpc) is 3.19. The van der Waals surface area contributed by atoms with Gasteiger partial charge in [-0.15, -0.1) is 10.2 Å². The number of rotatable bonds is 7. The summed E-state index contributed by atoms with van der Waals surface area (Å²) in [5, 5.41) is 10.7. The van der Waals surface area contributed by atoms with Crippen molar-refractivity contribution >= 4 is 28.3 Å². The Morgan fingerprint density at radius 1 is 1.19 bits per heavy atom. The van der Waals surface area contributed by atoms with E-state index in [4.69, 9.17) is 0 Å². The van der Waals surface area contributed by atoms with E-state index in [0.717, 1.165) is 58.5 Å². The van der Waals surface area contributed by atoms with Crippen LogP contribution in [0.4, 0.5) is 5.13 Å². The van der Waals surface area contributed by atoms with Gasteiger partial charge in [0.1, 0.15) is 5.51 Å². The summed E-state index contributed by atoms with van der Waals surface area (Å²) < 4.78 is 0. The van der Waals surface area contributed by atoms with E-state index in [1.54, 1.807) is 5.51 Å². The Bertz CT molecular complexity index is 603. The van der Waals surface area contributed by atoms with Crippen LogP contribution >= 0.6 is 11.3 Å². The number of carbonyl (C=O) groups excluding carboxylic acids is 2. The lowest BCUT2D eigenvalue weighted by Gasteiger charge is -2.38. The minimum Gasteiger partial charge on any atom is -0.340 e. The van der Waals surface area contributed by atoms with E-state index in [1.165, 1.54) is 17.8 Å². The largest absolute Gasteiger partial charge is 0.340 e. The maximum Gasteiger partial charge on any atom is 0.226 e. The van der Waals surface area contributed by atoms with Crippen molar-refractivity contribution in [1.82, 2.24) is 24.9 Å². The summed E-state index contributed by atoms with van der Waals surface area (Å²) in [4.78, 5) is 31.6. The molecule has 2 fully saturated rings. The highest BCUT2D eigenvalue weighted by Crippen LogP contribution is 2.22. The van der Waals surface area contributed by atoms with Gasteiger partial charge in [0.15, 0.2) is 0 Å². The SMILES string of the molecule is CN1CCN(CCC2CCCCN2C(=O)CCC(=O)Nc2nncs2)CC1. The second kappa shape index (κ2) is 10.1. The number of carbonyl (C=O) groups is 2. The molecule has 3 rings (SSSR count). The maximum atomic E-state index is 12.7. The molecule has 0 saturated carbocycles. The van der Waals surface area contributed by atoms with Gasteiger partial charge in [-0.25, -0.2) is 0 Å². The van der Waals surface area contributed by atoms with Crippen LogP contribution in [0, 0.1) is 0 Å². The molecule has 27 heavy (non-hydrogen) atoms. The number of hydrogen-bond donors (Lipinski definition) is 1. The molecule has 2 aliphatic rings. The van der Waals surface area contributed by atoms with Gasteiger partial charge in [-0.05, 0) is 32.7 Å². The van der Waals surface area contributed by atoms with Gasteiger partial charge in [0.2, 0.25) is 16.9 Å². The molecule has 0 aromatic carbocycles. The van der Waals surface area contributed by atoms with Gasteiger partial charge < -0.3 is 20.0 Å². The molecule has 2 amide bonds. The molecule has 3 heterocycles. The van der Waals surface area contributed by atoms with E-state index in [2.05, 4.69) is 32.4 Å². The molecule has 0 aliphatic carbocycles. The first-order valence-electron chi connectivity index (χ1n) is 9.88. The smallest absolute Gasteiger partial charge is 0.226 e. The Morgan fingerprint density at radius 2 is 2.00 bits per heavy atom. The number of amides is 2. The highest BCUT2D eigenvalue weighted by atomic mass is 32.1. The number of aromatic nitrogens is 2. The van der Waals surface area contributed by atoms with Crippen LogP contribution < -0.4 is 5.32 Å². The molecule has 1 atom stereocenters. The molecule has 8 nitrogen and oxygen atoms in total. The van der Waals surface area contributed by atoms with Crippen LogP contribution in [-0.4, -0.2) is 89.1 Å². The van der Waals surface area contributed by atoms with Crippen LogP contribution in [0.3, 0.4) is 0 Å². The second-order valence-electron chi connectivity index (χ2n) is 7.46. The van der Waals surface area contributed by atoms with E-state index in [-0.39, 0.29) is 24.7 Å². The second-order valence-corrected chi connectivity index (χ2v) is 8.30. The topological polar surface area (TPSA) is 81.7 Å². The third-order valence-electron chi connectivity index (χ3n) is 5.49. The van der Waals surface area contributed by atoms with Crippen LogP contribution in [0.1, 0.15) is 38.5 Å². The molecule has 1 unspecified atom stereocenters. The fraction of sp³-hybridized carbons (Fsp3) is 0.778. The van der Waals surface area contributed by atoms with Crippen LogP contribution in [0.5, 0.6) is 0 Å². The zero-order valence-electron chi connectivity index (χ0n) is 16.1. The first-order chi connectivity index (χ1) is 13.1. The molecule has 1 aromatic rings. The zero-order chi connectivity index (χ0) is 19.1. The highest BCUT2D eigenvalue weighted by molar-refractivity contribution is 7.13. The van der Waals surface area contributed by atoms with E-state index in [1.807, 2.05) is 4.90 Å². The fourth-order valence-electron chi connectivity index (χ4n) is 3.81. The van der Waals surface area contributed by atoms with Crippen molar-refractivity contribution in [3.63, 3.8) is 0 Å². The minimum absolute atomic E-state index is 0.102. The Hall–Kier alpha value is -1.58. The number of nitrogens with one attached hydrogen (secondary N) is 1. The van der Waals surface area contributed by atoms with Gasteiger partial charge in [0.05, 0.1) is 0 Å². The van der Waals surface area contributed by atoms with Crippen molar-refractivity contribution in [2.45, 2.75) is 44.6 Å². The zero-order valence-corrected chi connectivity index (χ0v) is 16.9. The lowest BCUT2D eigenvalue weighted by atomic mass is 9.98. The molecule has 0 radical (unpaired) electrons. The number of anilines is 1. The Labute approximate surface area is 164 Å². The molecule has 1 N–H and O–H groups in total. The molecule has 2 saturated heterocycles. The summed E-state index contributed by atoms with van der Waals surface area (Å²) in [7, 11) is 2.17. The molecular formula is C18H30N6O2S. The Morgan fingerprint density at radius 3 is 2.74 bits per heavy atom. The first-order valence-corrected chi connectivity index (χ1v) is 10.8. The van der Waals surface area contributed by atoms with Crippen molar-refractivity contribution < 1.29 is 9.59 Å². The summed E-state index contributed by atoms with van der Waals surface area (Å²) in [5.41, 5.74) is 1.57. The number of nitrogens with zero attached hydrogens (tertiary/aromatic N) is 5.